The largest absolute Gasteiger partial charge is 0.358 e. The Labute approximate surface area is 110 Å². The summed E-state index contributed by atoms with van der Waals surface area (Å²) in [5.41, 5.74) is 0.591. The number of nitriles is 1. The molecule has 1 nitrogen and oxygen atoms in total. The Morgan fingerprint density at radius 3 is 2.50 bits per heavy atom. The maximum absolute atomic E-state index is 8.62. The maximum Gasteiger partial charge on any atom is 0 e. The van der Waals surface area contributed by atoms with Gasteiger partial charge >= 0.3 is 0 Å². The fraction of sp³-hybridized carbons (Fsp3) is 0. The molecule has 0 spiro atoms. The minimum atomic E-state index is 0. The van der Waals surface area contributed by atoms with E-state index in [9.17, 15) is 0 Å². The van der Waals surface area contributed by atoms with Crippen LogP contribution in [0.4, 0.5) is 0 Å². The molecule has 1 radical (unpaired) electrons. The average Bonchev–Trinajstić information content (AvgIpc) is 2.17. The van der Waals surface area contributed by atoms with Crippen LogP contribution in [0.25, 0.3) is 10.8 Å². The van der Waals surface area contributed by atoms with Crippen LogP contribution in [-0.2, 0) is 32.7 Å². The molecule has 0 N–H and O–H groups in total. The molecule has 0 saturated heterocycles. The average molecular weight is 256 g/mol. The third kappa shape index (κ3) is 2.64. The van der Waals surface area contributed by atoms with Crippen LogP contribution in [0, 0.1) is 24.8 Å². The standard InChI is InChI=1S/C11H6N.CH3.Y/c12-8-9-5-6-10-3-1-2-4-11(10)7-9;;/h1-6H;1H3;/q2*-1;. The van der Waals surface area contributed by atoms with Gasteiger partial charge in [0.25, 0.3) is 0 Å². The van der Waals surface area contributed by atoms with E-state index in [1.54, 1.807) is 6.07 Å². The van der Waals surface area contributed by atoms with Crippen LogP contribution in [0.15, 0.2) is 36.4 Å². The molecule has 0 heterocycles. The molecule has 0 bridgehead atoms. The Morgan fingerprint density at radius 2 is 1.79 bits per heavy atom. The predicted molar refractivity (Wildman–Crippen MR) is 53.9 cm³/mol. The zero-order valence-electron chi connectivity index (χ0n) is 7.99. The van der Waals surface area contributed by atoms with Crippen molar-refractivity contribution in [3.63, 3.8) is 0 Å². The molecule has 67 valence electrons. The molecule has 2 rings (SSSR count). The summed E-state index contributed by atoms with van der Waals surface area (Å²) >= 11 is 0. The molecule has 0 aromatic heterocycles. The van der Waals surface area contributed by atoms with Crippen molar-refractivity contribution in [1.82, 2.24) is 0 Å². The Hall–Kier alpha value is -0.706. The van der Waals surface area contributed by atoms with Gasteiger partial charge in [0, 0.05) is 32.7 Å². The van der Waals surface area contributed by atoms with Crippen molar-refractivity contribution in [3.05, 3.63) is 55.5 Å². The van der Waals surface area contributed by atoms with E-state index in [2.05, 4.69) is 12.1 Å². The minimum Gasteiger partial charge on any atom is -0.358 e. The third-order valence-corrected chi connectivity index (χ3v) is 1.78. The zero-order valence-corrected chi connectivity index (χ0v) is 10.8. The van der Waals surface area contributed by atoms with E-state index in [4.69, 9.17) is 5.26 Å². The number of hydrogen-bond acceptors (Lipinski definition) is 1. The Morgan fingerprint density at radius 1 is 1.07 bits per heavy atom. The number of fused-ring (bicyclic) bond motifs is 1. The van der Waals surface area contributed by atoms with Crippen LogP contribution in [0.3, 0.4) is 0 Å². The summed E-state index contributed by atoms with van der Waals surface area (Å²) in [4.78, 5) is 0. The molecule has 0 amide bonds. The molecule has 0 fully saturated rings. The monoisotopic (exact) mass is 256 g/mol. The molecule has 0 atom stereocenters. The van der Waals surface area contributed by atoms with Crippen LogP contribution in [0.5, 0.6) is 0 Å². The van der Waals surface area contributed by atoms with Crippen molar-refractivity contribution in [1.29, 1.82) is 5.26 Å². The smallest absolute Gasteiger partial charge is 0 e. The summed E-state index contributed by atoms with van der Waals surface area (Å²) in [6.45, 7) is 0. The molecule has 0 unspecified atom stereocenters. The zero-order chi connectivity index (χ0) is 8.39. The molecular formula is C12H9NY-2. The van der Waals surface area contributed by atoms with Gasteiger partial charge in [-0.25, -0.2) is 5.26 Å². The molecule has 0 aliphatic rings. The second kappa shape index (κ2) is 5.91. The van der Waals surface area contributed by atoms with Crippen LogP contribution >= 0.6 is 0 Å². The number of rotatable bonds is 0. The summed E-state index contributed by atoms with van der Waals surface area (Å²) in [5.74, 6) is 0. The minimum absolute atomic E-state index is 0. The summed E-state index contributed by atoms with van der Waals surface area (Å²) in [7, 11) is 0. The molecule has 0 aliphatic heterocycles. The Balaban J connectivity index is 0.000000845. The molecular weight excluding hydrogens is 247 g/mol. The van der Waals surface area contributed by atoms with Crippen molar-refractivity contribution in [2.24, 2.45) is 0 Å². The first-order valence-electron chi connectivity index (χ1n) is 3.71. The van der Waals surface area contributed by atoms with E-state index in [1.165, 1.54) is 0 Å². The fourth-order valence-corrected chi connectivity index (χ4v) is 1.18. The molecule has 14 heavy (non-hydrogen) atoms. The van der Waals surface area contributed by atoms with E-state index in [1.807, 2.05) is 30.3 Å². The molecule has 0 saturated carbocycles. The fourth-order valence-electron chi connectivity index (χ4n) is 1.18. The van der Waals surface area contributed by atoms with Gasteiger partial charge in [0.05, 0.1) is 0 Å². The number of nitrogens with zero attached hydrogens (tertiary/aromatic N) is 1. The van der Waals surface area contributed by atoms with E-state index in [0.29, 0.717) is 5.56 Å². The predicted octanol–water partition coefficient (Wildman–Crippen LogP) is 2.96. The molecule has 2 aromatic rings. The van der Waals surface area contributed by atoms with Crippen molar-refractivity contribution >= 4 is 10.8 Å². The van der Waals surface area contributed by atoms with Gasteiger partial charge in [0.15, 0.2) is 0 Å². The number of benzene rings is 2. The third-order valence-electron chi connectivity index (χ3n) is 1.78. The van der Waals surface area contributed by atoms with E-state index >= 15 is 0 Å². The summed E-state index contributed by atoms with van der Waals surface area (Å²) in [5, 5.41) is 10.7. The summed E-state index contributed by atoms with van der Waals surface area (Å²) in [6.07, 6.45) is 0. The van der Waals surface area contributed by atoms with Gasteiger partial charge in [-0.2, -0.15) is 0 Å². The second-order valence-electron chi connectivity index (χ2n) is 2.57. The van der Waals surface area contributed by atoms with Crippen LogP contribution in [-0.4, -0.2) is 0 Å². The van der Waals surface area contributed by atoms with Crippen LogP contribution < -0.4 is 0 Å². The second-order valence-corrected chi connectivity index (χ2v) is 2.57. The first-order chi connectivity index (χ1) is 5.90. The van der Waals surface area contributed by atoms with Crippen molar-refractivity contribution < 1.29 is 32.7 Å². The van der Waals surface area contributed by atoms with Gasteiger partial charge in [-0.05, 0) is 6.07 Å². The first kappa shape index (κ1) is 13.3. The molecule has 2 heteroatoms. The van der Waals surface area contributed by atoms with Gasteiger partial charge in [0.1, 0.15) is 0 Å². The summed E-state index contributed by atoms with van der Waals surface area (Å²) in [6, 6.07) is 16.7. The van der Waals surface area contributed by atoms with Crippen molar-refractivity contribution in [2.75, 3.05) is 0 Å². The Kier molecular flexibility index (Phi) is 5.61. The Bertz CT molecular complexity index is 457. The van der Waals surface area contributed by atoms with Gasteiger partial charge in [-0.1, -0.05) is 29.1 Å². The SMILES string of the molecule is N#Cc1[c-]c2ccccc2cc1.[CH3-].[Y]. The van der Waals surface area contributed by atoms with Gasteiger partial charge < -0.3 is 7.43 Å². The van der Waals surface area contributed by atoms with Crippen LogP contribution in [0.1, 0.15) is 5.56 Å². The first-order valence-corrected chi connectivity index (χ1v) is 3.71. The van der Waals surface area contributed by atoms with E-state index in [-0.39, 0.29) is 40.1 Å². The normalized spacial score (nSPS) is 8.21. The van der Waals surface area contributed by atoms with Gasteiger partial charge in [0.2, 0.25) is 0 Å². The van der Waals surface area contributed by atoms with Gasteiger partial charge in [-0.3, -0.25) is 0 Å². The quantitative estimate of drug-likeness (QED) is 0.665. The topological polar surface area (TPSA) is 23.8 Å². The van der Waals surface area contributed by atoms with Crippen molar-refractivity contribution in [2.45, 2.75) is 0 Å². The van der Waals surface area contributed by atoms with Crippen LogP contribution in [0.2, 0.25) is 0 Å². The van der Waals surface area contributed by atoms with Gasteiger partial charge in [-0.15, -0.1) is 29.7 Å². The molecule has 0 aliphatic carbocycles. The van der Waals surface area contributed by atoms with E-state index in [0.717, 1.165) is 10.8 Å². The van der Waals surface area contributed by atoms with Crippen molar-refractivity contribution in [3.8, 4) is 6.07 Å². The van der Waals surface area contributed by atoms with E-state index < -0.39 is 0 Å². The maximum atomic E-state index is 8.62. The molecule has 2 aromatic carbocycles. The number of hydrogen-bond donors (Lipinski definition) is 0. The summed E-state index contributed by atoms with van der Waals surface area (Å²) < 4.78 is 0.